The molecule has 0 heterocycles. The molecule has 0 unspecified atom stereocenters. The van der Waals surface area contributed by atoms with Gasteiger partial charge in [0.1, 0.15) is 0 Å². The van der Waals surface area contributed by atoms with Crippen LogP contribution in [0.25, 0.3) is 0 Å². The Morgan fingerprint density at radius 1 is 1.29 bits per heavy atom. The second-order valence-electron chi connectivity index (χ2n) is 3.20. The Hall–Kier alpha value is 0.460. The van der Waals surface area contributed by atoms with Gasteiger partial charge < -0.3 is 0 Å². The van der Waals surface area contributed by atoms with Gasteiger partial charge in [0, 0.05) is 5.03 Å². The minimum absolute atomic E-state index is 0.110. The normalized spacial score (nSPS) is 22.8. The average Bonchev–Trinajstić information content (AvgIpc) is 2.48. The smallest absolute Gasteiger partial charge is 0.160 e. The summed E-state index contributed by atoms with van der Waals surface area (Å²) in [6.07, 6.45) is 3.15. The molecule has 14 heavy (non-hydrogen) atoms. The predicted octanol–water partition coefficient (Wildman–Crippen LogP) is 4.87. The van der Waals surface area contributed by atoms with E-state index in [9.17, 15) is 13.2 Å². The average molecular weight is 265 g/mol. The van der Waals surface area contributed by atoms with Gasteiger partial charge in [-0.05, 0) is 30.0 Å². The highest BCUT2D eigenvalue weighted by molar-refractivity contribution is 8.03. The summed E-state index contributed by atoms with van der Waals surface area (Å²) in [5.74, 6) is 0. The zero-order valence-corrected chi connectivity index (χ0v) is 9.53. The van der Waals surface area contributed by atoms with E-state index in [1.807, 2.05) is 0 Å². The Labute approximate surface area is 94.8 Å². The van der Waals surface area contributed by atoms with Gasteiger partial charge in [-0.2, -0.15) is 13.2 Å². The molecule has 82 valence electrons. The molecule has 0 N–H and O–H groups in total. The molecule has 0 bridgehead atoms. The van der Waals surface area contributed by atoms with Gasteiger partial charge in [-0.1, -0.05) is 24.4 Å². The van der Waals surface area contributed by atoms with Crippen LogP contribution in [0.3, 0.4) is 0 Å². The number of rotatable bonds is 2. The summed E-state index contributed by atoms with van der Waals surface area (Å²) >= 11 is 11.6. The molecule has 0 nitrogen and oxygen atoms in total. The second kappa shape index (κ2) is 4.54. The van der Waals surface area contributed by atoms with E-state index in [0.717, 1.165) is 18.2 Å². The molecule has 0 radical (unpaired) electrons. The van der Waals surface area contributed by atoms with Gasteiger partial charge in [0.2, 0.25) is 0 Å². The second-order valence-corrected chi connectivity index (χ2v) is 5.27. The SMILES string of the molecule is FC(F)(F)S/C=C(/Cl)C1(Cl)CCCC1. The lowest BCUT2D eigenvalue weighted by Gasteiger charge is -2.19. The van der Waals surface area contributed by atoms with E-state index in [-0.39, 0.29) is 16.8 Å². The molecule has 0 spiro atoms. The molecular formula is C8H9Cl2F3S. The monoisotopic (exact) mass is 264 g/mol. The molecule has 1 rings (SSSR count). The van der Waals surface area contributed by atoms with Crippen molar-refractivity contribution < 1.29 is 13.2 Å². The third-order valence-corrected chi connectivity index (χ3v) is 4.02. The van der Waals surface area contributed by atoms with Crippen LogP contribution in [-0.2, 0) is 0 Å². The Morgan fingerprint density at radius 2 is 1.79 bits per heavy atom. The topological polar surface area (TPSA) is 0 Å². The summed E-state index contributed by atoms with van der Waals surface area (Å²) in [6, 6.07) is 0. The van der Waals surface area contributed by atoms with Crippen LogP contribution in [0.5, 0.6) is 0 Å². The molecule has 1 fully saturated rings. The Kier molecular flexibility index (Phi) is 4.06. The molecule has 1 saturated carbocycles. The minimum atomic E-state index is -4.29. The number of hydrogen-bond acceptors (Lipinski definition) is 1. The van der Waals surface area contributed by atoms with Gasteiger partial charge in [0.05, 0.1) is 4.87 Å². The summed E-state index contributed by atoms with van der Waals surface area (Å²) in [7, 11) is 0. The van der Waals surface area contributed by atoms with E-state index >= 15 is 0 Å². The van der Waals surface area contributed by atoms with Crippen LogP contribution in [0.1, 0.15) is 25.7 Å². The molecule has 1 aliphatic rings. The van der Waals surface area contributed by atoms with Crippen molar-refractivity contribution in [1.82, 2.24) is 0 Å². The number of alkyl halides is 4. The highest BCUT2D eigenvalue weighted by Crippen LogP contribution is 2.45. The molecule has 0 saturated heterocycles. The molecule has 0 amide bonds. The molecule has 0 aliphatic heterocycles. The fraction of sp³-hybridized carbons (Fsp3) is 0.750. The van der Waals surface area contributed by atoms with Crippen LogP contribution >= 0.6 is 35.0 Å². The van der Waals surface area contributed by atoms with Crippen LogP contribution in [0.15, 0.2) is 10.4 Å². The number of halogens is 5. The van der Waals surface area contributed by atoms with Crippen molar-refractivity contribution in [2.24, 2.45) is 0 Å². The van der Waals surface area contributed by atoms with Gasteiger partial charge in [0.25, 0.3) is 0 Å². The van der Waals surface area contributed by atoms with Crippen LogP contribution in [0, 0.1) is 0 Å². The molecule has 0 aromatic heterocycles. The number of allylic oxidation sites excluding steroid dienone is 1. The van der Waals surface area contributed by atoms with Crippen LogP contribution in [0.4, 0.5) is 13.2 Å². The summed E-state index contributed by atoms with van der Waals surface area (Å²) in [4.78, 5) is -0.750. The molecular weight excluding hydrogens is 256 g/mol. The van der Waals surface area contributed by atoms with Gasteiger partial charge in [-0.3, -0.25) is 0 Å². The van der Waals surface area contributed by atoms with Gasteiger partial charge in [0.15, 0.2) is 0 Å². The van der Waals surface area contributed by atoms with Crippen molar-refractivity contribution >= 4 is 35.0 Å². The van der Waals surface area contributed by atoms with Crippen molar-refractivity contribution in [1.29, 1.82) is 0 Å². The minimum Gasteiger partial charge on any atom is -0.160 e. The van der Waals surface area contributed by atoms with Crippen molar-refractivity contribution in [2.75, 3.05) is 0 Å². The van der Waals surface area contributed by atoms with E-state index in [1.54, 1.807) is 0 Å². The first kappa shape index (κ1) is 12.5. The Bertz CT molecular complexity index is 231. The molecule has 1 aliphatic carbocycles. The zero-order chi connectivity index (χ0) is 10.8. The molecule has 0 atom stereocenters. The van der Waals surface area contributed by atoms with Crippen molar-refractivity contribution in [2.45, 2.75) is 36.1 Å². The molecule has 0 aromatic rings. The summed E-state index contributed by atoms with van der Waals surface area (Å²) < 4.78 is 35.5. The maximum Gasteiger partial charge on any atom is 0.445 e. The Balaban J connectivity index is 2.59. The van der Waals surface area contributed by atoms with Crippen LogP contribution < -0.4 is 0 Å². The van der Waals surface area contributed by atoms with Gasteiger partial charge >= 0.3 is 5.51 Å². The highest BCUT2D eigenvalue weighted by atomic mass is 35.5. The summed E-state index contributed by atoms with van der Waals surface area (Å²) in [5.41, 5.74) is -4.29. The van der Waals surface area contributed by atoms with Gasteiger partial charge in [-0.15, -0.1) is 11.6 Å². The highest BCUT2D eigenvalue weighted by Gasteiger charge is 2.36. The molecule has 6 heteroatoms. The van der Waals surface area contributed by atoms with Crippen molar-refractivity contribution in [3.63, 3.8) is 0 Å². The number of thioether (sulfide) groups is 1. The van der Waals surface area contributed by atoms with E-state index < -0.39 is 10.4 Å². The van der Waals surface area contributed by atoms with E-state index in [1.165, 1.54) is 0 Å². The summed E-state index contributed by atoms with van der Waals surface area (Å²) in [5, 5.41) is 1.01. The Morgan fingerprint density at radius 3 is 2.21 bits per heavy atom. The standard InChI is InChI=1S/C8H9Cl2F3S/c9-6(5-14-8(11,12)13)7(10)3-1-2-4-7/h5H,1-4H2/b6-5+. The number of hydrogen-bond donors (Lipinski definition) is 0. The lowest BCUT2D eigenvalue weighted by molar-refractivity contribution is -0.0320. The zero-order valence-electron chi connectivity index (χ0n) is 7.20. The van der Waals surface area contributed by atoms with E-state index in [4.69, 9.17) is 23.2 Å². The first-order valence-corrected chi connectivity index (χ1v) is 5.77. The fourth-order valence-electron chi connectivity index (χ4n) is 1.40. The lowest BCUT2D eigenvalue weighted by Crippen LogP contribution is -2.16. The quantitative estimate of drug-likeness (QED) is 0.642. The van der Waals surface area contributed by atoms with Gasteiger partial charge in [-0.25, -0.2) is 0 Å². The first-order chi connectivity index (χ1) is 6.33. The van der Waals surface area contributed by atoms with E-state index in [0.29, 0.717) is 12.8 Å². The van der Waals surface area contributed by atoms with Crippen molar-refractivity contribution in [3.8, 4) is 0 Å². The lowest BCUT2D eigenvalue weighted by atomic mass is 10.1. The van der Waals surface area contributed by atoms with Crippen molar-refractivity contribution in [3.05, 3.63) is 10.4 Å². The van der Waals surface area contributed by atoms with Crippen LogP contribution in [0.2, 0.25) is 0 Å². The first-order valence-electron chi connectivity index (χ1n) is 4.13. The summed E-state index contributed by atoms with van der Waals surface area (Å²) in [6.45, 7) is 0. The third kappa shape index (κ3) is 3.55. The fourth-order valence-corrected chi connectivity index (χ4v) is 2.57. The maximum absolute atomic E-state index is 11.8. The maximum atomic E-state index is 11.8. The largest absolute Gasteiger partial charge is 0.445 e. The third-order valence-electron chi connectivity index (χ3n) is 2.12. The predicted molar refractivity (Wildman–Crippen MR) is 54.6 cm³/mol. The molecule has 0 aromatic carbocycles. The van der Waals surface area contributed by atoms with Crippen LogP contribution in [-0.4, -0.2) is 10.4 Å². The van der Waals surface area contributed by atoms with E-state index in [2.05, 4.69) is 0 Å².